The lowest BCUT2D eigenvalue weighted by Crippen LogP contribution is -2.29. The fraction of sp³-hybridized carbons (Fsp3) is 0.412. The number of rotatable bonds is 7. The number of furan rings is 1. The Labute approximate surface area is 126 Å². The van der Waals surface area contributed by atoms with E-state index in [1.54, 1.807) is 18.0 Å². The van der Waals surface area contributed by atoms with Crippen LogP contribution >= 0.6 is 11.8 Å². The highest BCUT2D eigenvalue weighted by Crippen LogP contribution is 2.19. The smallest absolute Gasteiger partial charge is 0.103 e. The van der Waals surface area contributed by atoms with Crippen LogP contribution in [-0.2, 0) is 6.42 Å². The van der Waals surface area contributed by atoms with E-state index in [4.69, 9.17) is 4.42 Å². The Bertz CT molecular complexity index is 492. The summed E-state index contributed by atoms with van der Waals surface area (Å²) in [5, 5.41) is 3.65. The van der Waals surface area contributed by atoms with Gasteiger partial charge in [0.1, 0.15) is 5.76 Å². The highest BCUT2D eigenvalue weighted by Gasteiger charge is 2.10. The van der Waals surface area contributed by atoms with E-state index >= 15 is 0 Å². The van der Waals surface area contributed by atoms with E-state index in [9.17, 15) is 0 Å². The van der Waals surface area contributed by atoms with Gasteiger partial charge in [0, 0.05) is 23.4 Å². The summed E-state index contributed by atoms with van der Waals surface area (Å²) in [7, 11) is 0. The first-order valence-electron chi connectivity index (χ1n) is 7.11. The summed E-state index contributed by atoms with van der Waals surface area (Å²) in [5.41, 5.74) is 1.34. The fourth-order valence-corrected chi connectivity index (χ4v) is 2.72. The summed E-state index contributed by atoms with van der Waals surface area (Å²) in [6.45, 7) is 4.45. The molecule has 0 radical (unpaired) electrons. The van der Waals surface area contributed by atoms with Crippen molar-refractivity contribution in [3.05, 3.63) is 54.0 Å². The molecule has 1 N–H and O–H groups in total. The molecule has 2 atom stereocenters. The van der Waals surface area contributed by atoms with Crippen molar-refractivity contribution in [1.82, 2.24) is 5.32 Å². The van der Waals surface area contributed by atoms with Gasteiger partial charge < -0.3 is 9.73 Å². The van der Waals surface area contributed by atoms with Crippen molar-refractivity contribution in [2.45, 2.75) is 43.7 Å². The Balaban J connectivity index is 1.81. The van der Waals surface area contributed by atoms with Crippen LogP contribution in [0, 0.1) is 0 Å². The van der Waals surface area contributed by atoms with Crippen molar-refractivity contribution in [1.29, 1.82) is 0 Å². The van der Waals surface area contributed by atoms with Crippen molar-refractivity contribution in [2.24, 2.45) is 0 Å². The maximum absolute atomic E-state index is 5.37. The minimum Gasteiger partial charge on any atom is -0.469 e. The summed E-state index contributed by atoms with van der Waals surface area (Å²) in [6.07, 6.45) is 5.91. The molecular weight excluding hydrogens is 266 g/mol. The van der Waals surface area contributed by atoms with Gasteiger partial charge in [-0.1, -0.05) is 12.1 Å². The number of hydrogen-bond acceptors (Lipinski definition) is 3. The average molecular weight is 289 g/mol. The molecule has 0 saturated heterocycles. The van der Waals surface area contributed by atoms with Gasteiger partial charge in [-0.05, 0) is 56.4 Å². The molecule has 1 aromatic carbocycles. The standard InChI is InChI=1S/C17H23NOS/c1-13(6-9-16-5-4-12-19-16)18-14(2)15-7-10-17(20-3)11-8-15/h4-5,7-8,10-14,18H,6,9H2,1-3H3. The second kappa shape index (κ2) is 7.55. The number of nitrogens with one attached hydrogen (secondary N) is 1. The van der Waals surface area contributed by atoms with Gasteiger partial charge in [0.25, 0.3) is 0 Å². The zero-order chi connectivity index (χ0) is 14.4. The Morgan fingerprint density at radius 3 is 2.50 bits per heavy atom. The predicted octanol–water partition coefficient (Wildman–Crippen LogP) is 4.67. The molecule has 0 bridgehead atoms. The first kappa shape index (κ1) is 15.2. The lowest BCUT2D eigenvalue weighted by Gasteiger charge is -2.20. The van der Waals surface area contributed by atoms with Gasteiger partial charge in [0.05, 0.1) is 6.26 Å². The molecule has 0 amide bonds. The molecule has 0 aliphatic carbocycles. The van der Waals surface area contributed by atoms with Crippen LogP contribution in [0.25, 0.3) is 0 Å². The molecule has 0 fully saturated rings. The van der Waals surface area contributed by atoms with Gasteiger partial charge in [-0.2, -0.15) is 0 Å². The molecule has 0 aliphatic heterocycles. The van der Waals surface area contributed by atoms with Gasteiger partial charge in [0.15, 0.2) is 0 Å². The third-order valence-corrected chi connectivity index (χ3v) is 4.30. The van der Waals surface area contributed by atoms with E-state index in [2.05, 4.69) is 49.7 Å². The number of hydrogen-bond donors (Lipinski definition) is 1. The average Bonchev–Trinajstić information content (AvgIpc) is 2.98. The van der Waals surface area contributed by atoms with Crippen LogP contribution in [0.4, 0.5) is 0 Å². The molecule has 108 valence electrons. The minimum absolute atomic E-state index is 0.373. The molecule has 0 saturated carbocycles. The van der Waals surface area contributed by atoms with E-state index in [1.165, 1.54) is 10.5 Å². The molecule has 2 rings (SSSR count). The second-order valence-electron chi connectivity index (χ2n) is 5.18. The SMILES string of the molecule is CSc1ccc(C(C)NC(C)CCc2ccco2)cc1. The van der Waals surface area contributed by atoms with Gasteiger partial charge in [-0.3, -0.25) is 0 Å². The summed E-state index contributed by atoms with van der Waals surface area (Å²) >= 11 is 1.78. The van der Waals surface area contributed by atoms with E-state index in [0.29, 0.717) is 12.1 Å². The van der Waals surface area contributed by atoms with Crippen LogP contribution < -0.4 is 5.32 Å². The topological polar surface area (TPSA) is 25.2 Å². The Hall–Kier alpha value is -1.19. The molecule has 0 spiro atoms. The van der Waals surface area contributed by atoms with Gasteiger partial charge >= 0.3 is 0 Å². The van der Waals surface area contributed by atoms with Crippen LogP contribution in [-0.4, -0.2) is 12.3 Å². The molecule has 2 aromatic rings. The van der Waals surface area contributed by atoms with E-state index < -0.39 is 0 Å². The summed E-state index contributed by atoms with van der Waals surface area (Å²) < 4.78 is 5.37. The third-order valence-electron chi connectivity index (χ3n) is 3.55. The Morgan fingerprint density at radius 2 is 1.90 bits per heavy atom. The molecule has 0 aliphatic rings. The molecule has 2 nitrogen and oxygen atoms in total. The molecule has 3 heteroatoms. The molecule has 2 unspecified atom stereocenters. The first-order chi connectivity index (χ1) is 9.69. The maximum Gasteiger partial charge on any atom is 0.103 e. The Morgan fingerprint density at radius 1 is 1.15 bits per heavy atom. The fourth-order valence-electron chi connectivity index (χ4n) is 2.31. The van der Waals surface area contributed by atoms with Crippen LogP contribution in [0.3, 0.4) is 0 Å². The quantitative estimate of drug-likeness (QED) is 0.750. The van der Waals surface area contributed by atoms with Gasteiger partial charge in [-0.15, -0.1) is 11.8 Å². The molecular formula is C17H23NOS. The lowest BCUT2D eigenvalue weighted by atomic mass is 10.1. The lowest BCUT2D eigenvalue weighted by molar-refractivity contribution is 0.430. The van der Waals surface area contributed by atoms with E-state index in [-0.39, 0.29) is 0 Å². The van der Waals surface area contributed by atoms with Gasteiger partial charge in [0.2, 0.25) is 0 Å². The van der Waals surface area contributed by atoms with Crippen molar-refractivity contribution in [3.63, 3.8) is 0 Å². The molecule has 1 heterocycles. The molecule has 1 aromatic heterocycles. The minimum atomic E-state index is 0.373. The Kier molecular flexibility index (Phi) is 5.74. The first-order valence-corrected chi connectivity index (χ1v) is 8.34. The number of aryl methyl sites for hydroxylation is 1. The van der Waals surface area contributed by atoms with E-state index in [1.807, 2.05) is 12.1 Å². The van der Waals surface area contributed by atoms with Crippen LogP contribution in [0.5, 0.6) is 0 Å². The summed E-state index contributed by atoms with van der Waals surface area (Å²) in [4.78, 5) is 1.31. The van der Waals surface area contributed by atoms with Crippen molar-refractivity contribution >= 4 is 11.8 Å². The van der Waals surface area contributed by atoms with Crippen LogP contribution in [0.1, 0.15) is 37.6 Å². The van der Waals surface area contributed by atoms with Crippen LogP contribution in [0.15, 0.2) is 52.0 Å². The number of thioether (sulfide) groups is 1. The normalized spacial score (nSPS) is 14.2. The predicted molar refractivity (Wildman–Crippen MR) is 86.3 cm³/mol. The maximum atomic E-state index is 5.37. The zero-order valence-corrected chi connectivity index (χ0v) is 13.2. The van der Waals surface area contributed by atoms with Crippen LogP contribution in [0.2, 0.25) is 0 Å². The second-order valence-corrected chi connectivity index (χ2v) is 6.06. The van der Waals surface area contributed by atoms with Crippen molar-refractivity contribution in [2.75, 3.05) is 6.26 Å². The monoisotopic (exact) mass is 289 g/mol. The van der Waals surface area contributed by atoms with Gasteiger partial charge in [-0.25, -0.2) is 0 Å². The van der Waals surface area contributed by atoms with Crippen molar-refractivity contribution in [3.8, 4) is 0 Å². The zero-order valence-electron chi connectivity index (χ0n) is 12.4. The van der Waals surface area contributed by atoms with E-state index in [0.717, 1.165) is 18.6 Å². The largest absolute Gasteiger partial charge is 0.469 e. The highest BCUT2D eigenvalue weighted by molar-refractivity contribution is 7.98. The summed E-state index contributed by atoms with van der Waals surface area (Å²) in [6, 6.07) is 13.6. The highest BCUT2D eigenvalue weighted by atomic mass is 32.2. The van der Waals surface area contributed by atoms with Crippen molar-refractivity contribution < 1.29 is 4.42 Å². The molecule has 20 heavy (non-hydrogen) atoms. The third kappa shape index (κ3) is 4.43. The number of benzene rings is 1. The summed E-state index contributed by atoms with van der Waals surface area (Å²) in [5.74, 6) is 1.07.